The topological polar surface area (TPSA) is 452 Å². The number of aliphatic hydroxyl groups excluding tert-OH is 7. The summed E-state index contributed by atoms with van der Waals surface area (Å²) in [7, 11) is 0. The minimum Gasteiger partial charge on any atom is -0.481 e. The molecular weight excluding hydrogens is 1400 g/mol. The van der Waals surface area contributed by atoms with E-state index in [1.54, 1.807) is 13.0 Å². The van der Waals surface area contributed by atoms with E-state index in [0.29, 0.717) is 44.9 Å². The maximum Gasteiger partial charge on any atom is 0.319 e. The molecule has 108 heavy (non-hydrogen) atoms. The minimum absolute atomic E-state index is 0.00586. The summed E-state index contributed by atoms with van der Waals surface area (Å²) < 4.78 is 10.8. The highest BCUT2D eigenvalue weighted by molar-refractivity contribution is 6.01. The molecule has 0 aromatic rings. The van der Waals surface area contributed by atoms with Crippen LogP contribution in [0.3, 0.4) is 0 Å². The van der Waals surface area contributed by atoms with Crippen molar-refractivity contribution in [3.8, 4) is 0 Å². The Balaban J connectivity index is 0.000000170. The van der Waals surface area contributed by atoms with Crippen LogP contribution in [-0.4, -0.2) is 197 Å². The van der Waals surface area contributed by atoms with Gasteiger partial charge in [-0.3, -0.25) is 47.9 Å². The van der Waals surface area contributed by atoms with Crippen molar-refractivity contribution < 1.29 is 124 Å². The summed E-state index contributed by atoms with van der Waals surface area (Å²) in [6.45, 7) is 13.0. The monoisotopic (exact) mass is 1520 g/mol. The van der Waals surface area contributed by atoms with Gasteiger partial charge < -0.3 is 75.9 Å². The second-order valence-electron chi connectivity index (χ2n) is 33.9. The van der Waals surface area contributed by atoms with Gasteiger partial charge >= 0.3 is 29.8 Å². The van der Waals surface area contributed by atoms with Gasteiger partial charge in [0.05, 0.1) is 59.2 Å². The molecule has 5 saturated carbocycles. The van der Waals surface area contributed by atoms with Crippen LogP contribution in [-0.2, 0) is 57.4 Å². The number of carboxylic acids is 3. The van der Waals surface area contributed by atoms with Gasteiger partial charge in [-0.1, -0.05) is 101 Å². The molecule has 0 amide bonds. The van der Waals surface area contributed by atoms with Crippen molar-refractivity contribution in [2.45, 2.75) is 294 Å². The Morgan fingerprint density at radius 1 is 0.370 bits per heavy atom. The minimum atomic E-state index is -1.93. The van der Waals surface area contributed by atoms with Gasteiger partial charge in [0.1, 0.15) is 67.2 Å². The summed E-state index contributed by atoms with van der Waals surface area (Å²) in [5.41, 5.74) is -14.9. The van der Waals surface area contributed by atoms with Gasteiger partial charge in [0.15, 0.2) is 0 Å². The predicted molar refractivity (Wildman–Crippen MR) is 392 cm³/mol. The molecule has 2 heterocycles. The summed E-state index contributed by atoms with van der Waals surface area (Å²) in [5, 5.41) is 134. The summed E-state index contributed by atoms with van der Waals surface area (Å²) >= 11 is 0. The average molecular weight is 1520 g/mol. The Labute approximate surface area is 633 Å². The molecule has 604 valence electrons. The van der Waals surface area contributed by atoms with Gasteiger partial charge in [0, 0.05) is 92.7 Å². The van der Waals surface area contributed by atoms with Gasteiger partial charge in [-0.15, -0.1) is 0 Å². The third kappa shape index (κ3) is 14.6. The van der Waals surface area contributed by atoms with E-state index in [2.05, 4.69) is 6.08 Å². The molecule has 25 atom stereocenters. The molecule has 0 aromatic heterocycles. The lowest BCUT2D eigenvalue weighted by Crippen LogP contribution is -2.70. The lowest BCUT2D eigenvalue weighted by atomic mass is 9.60. The average Bonchev–Trinajstić information content (AvgIpc) is 1.39. The number of carbonyl (C=O) groups excluding carboxylic acids is 7. The highest BCUT2D eigenvalue weighted by atomic mass is 16.6. The van der Waals surface area contributed by atoms with E-state index in [0.717, 1.165) is 89.9 Å². The summed E-state index contributed by atoms with van der Waals surface area (Å²) in [6.07, 6.45) is 29.9. The van der Waals surface area contributed by atoms with Crippen LogP contribution >= 0.6 is 0 Å². The van der Waals surface area contributed by atoms with Gasteiger partial charge in [-0.05, 0) is 163 Å². The van der Waals surface area contributed by atoms with E-state index in [-0.39, 0.29) is 110 Å². The highest BCUT2D eigenvalue weighted by Gasteiger charge is 2.80. The van der Waals surface area contributed by atoms with Crippen molar-refractivity contribution in [2.75, 3.05) is 13.2 Å². The van der Waals surface area contributed by atoms with Crippen molar-refractivity contribution in [1.82, 2.24) is 0 Å². The van der Waals surface area contributed by atoms with E-state index in [1.807, 2.05) is 76.3 Å². The van der Waals surface area contributed by atoms with Crippen molar-refractivity contribution in [1.29, 1.82) is 0 Å². The predicted octanol–water partition coefficient (Wildman–Crippen LogP) is 7.70. The van der Waals surface area contributed by atoms with Crippen LogP contribution in [0.2, 0.25) is 0 Å². The van der Waals surface area contributed by atoms with Crippen LogP contribution in [0, 0.1) is 86.3 Å². The molecule has 0 bridgehead atoms. The molecule has 0 aromatic carbocycles. The van der Waals surface area contributed by atoms with Gasteiger partial charge in [0.2, 0.25) is 0 Å². The largest absolute Gasteiger partial charge is 0.481 e. The van der Waals surface area contributed by atoms with Crippen LogP contribution in [0.1, 0.15) is 235 Å². The number of hydrogen-bond donors (Lipinski definition) is 13. The fourth-order valence-electron chi connectivity index (χ4n) is 21.5. The molecule has 2 aliphatic heterocycles. The Kier molecular flexibility index (Phi) is 28.0. The zero-order chi connectivity index (χ0) is 80.1. The first-order valence-corrected chi connectivity index (χ1v) is 39.7. The van der Waals surface area contributed by atoms with E-state index < -0.39 is 151 Å². The molecule has 25 nitrogen and oxygen atoms in total. The normalized spacial score (nSPS) is 41.2. The third-order valence-electron chi connectivity index (χ3n) is 28.1. The van der Waals surface area contributed by atoms with Crippen LogP contribution in [0.5, 0.6) is 0 Å². The molecule has 0 unspecified atom stereocenters. The zero-order valence-corrected chi connectivity index (χ0v) is 64.4. The number of hydrogen-bond acceptors (Lipinski definition) is 22. The molecule has 0 radical (unpaired) electrons. The first-order chi connectivity index (χ1) is 50.8. The summed E-state index contributed by atoms with van der Waals surface area (Å²) in [5.74, 6) is -10.1. The second kappa shape index (κ2) is 34.5. The molecule has 10 aliphatic carbocycles. The SMILES string of the molecule is CCC[C@H]1C(=O)C[C@@]2([C@H](O)[C@@H]3C=CCCC3)C(=O)O[C@@]12C.CCC[C@H]1C(=O)C[C@](C(=O)O)([C@H](O)[C@@H]2C=CCCC2)[C@@]1(C)O.CCC[C@H]1C(=O)C[C@](C(=O)O)([C@H](O)[C@@H]2C=CCCC2)[C@@]1(C)O.C[C@@]12OC(=O)[C@]1([C@H](O)[C@@H]1C=CCCC1)CC(=O)[C@@H]2CCO.C[C@]1(O)[C@@H](CCO)C(=O)C[C@]1(C(=O)O)[C@H](O)[C@@H]1C=CCCC1. The van der Waals surface area contributed by atoms with E-state index >= 15 is 0 Å². The smallest absolute Gasteiger partial charge is 0.319 e. The molecule has 0 spiro atoms. The number of ether oxygens (including phenoxy) is 2. The lowest BCUT2D eigenvalue weighted by molar-refractivity contribution is -0.264. The number of ketones is 5. The van der Waals surface area contributed by atoms with Crippen LogP contribution in [0.25, 0.3) is 0 Å². The Hall–Kier alpha value is -6.00. The molecule has 25 heteroatoms. The fourth-order valence-corrected chi connectivity index (χ4v) is 21.5. The first kappa shape index (κ1) is 87.6. The highest BCUT2D eigenvalue weighted by Crippen LogP contribution is 2.65. The number of esters is 2. The maximum absolute atomic E-state index is 12.4. The molecule has 13 N–H and O–H groups in total. The lowest BCUT2D eigenvalue weighted by Gasteiger charge is -2.55. The number of rotatable bonds is 23. The van der Waals surface area contributed by atoms with Crippen molar-refractivity contribution in [3.05, 3.63) is 60.8 Å². The molecule has 2 saturated heterocycles. The number of carboxylic acid groups (broad SMARTS) is 3. The van der Waals surface area contributed by atoms with Crippen molar-refractivity contribution in [3.63, 3.8) is 0 Å². The zero-order valence-electron chi connectivity index (χ0n) is 64.4. The molecular formula is C83H122O25. The number of allylic oxidation sites excluding steroid dienone is 5. The second-order valence-corrected chi connectivity index (χ2v) is 33.9. The van der Waals surface area contributed by atoms with Gasteiger partial charge in [-0.25, -0.2) is 0 Å². The van der Waals surface area contributed by atoms with Crippen molar-refractivity contribution >= 4 is 58.8 Å². The van der Waals surface area contributed by atoms with Gasteiger partial charge in [0.25, 0.3) is 0 Å². The van der Waals surface area contributed by atoms with E-state index in [9.17, 15) is 104 Å². The van der Waals surface area contributed by atoms with E-state index in [1.165, 1.54) is 20.8 Å². The number of fused-ring (bicyclic) bond motifs is 2. The Morgan fingerprint density at radius 2 is 0.593 bits per heavy atom. The third-order valence-corrected chi connectivity index (χ3v) is 28.1. The number of aliphatic carboxylic acids is 3. The molecule has 12 rings (SSSR count). The Bertz CT molecular complexity index is 3170. The fraction of sp³-hybridized carbons (Fsp3) is 0.759. The number of carbonyl (C=O) groups is 10. The number of aliphatic hydroxyl groups is 10. The van der Waals surface area contributed by atoms with Crippen LogP contribution in [0.4, 0.5) is 0 Å². The summed E-state index contributed by atoms with van der Waals surface area (Å²) in [6, 6.07) is 0. The quantitative estimate of drug-likeness (QED) is 0.0344. The molecule has 7 fully saturated rings. The molecule has 12 aliphatic rings. The van der Waals surface area contributed by atoms with Crippen molar-refractivity contribution in [2.24, 2.45) is 86.3 Å². The van der Waals surface area contributed by atoms with E-state index in [4.69, 9.17) is 19.7 Å². The maximum atomic E-state index is 12.4. The van der Waals surface area contributed by atoms with Crippen LogP contribution < -0.4 is 0 Å². The Morgan fingerprint density at radius 3 is 0.815 bits per heavy atom. The van der Waals surface area contributed by atoms with Gasteiger partial charge in [-0.2, -0.15) is 0 Å². The van der Waals surface area contributed by atoms with Crippen LogP contribution in [0.15, 0.2) is 60.8 Å². The standard InChI is InChI=1S/2C17H26O5.C17H24O4.C16H24O6.C16H22O5/c2*1-3-7-12-13(18)10-17(15(20)21,16(12,2)22)14(19)11-8-5-4-6-9-11;1-3-7-12-13(18)10-17(15(20)21-16(12,17)2)14(19)11-8-5-4-6-9-11;1-15(22)11(7-8-17)12(18)9-16(15,14(20)21)13(19)10-5-3-2-4-6-10;1-15-11(7-8-17)12(18)9-16(15,14(20)21-15)13(19)10-5-3-2-4-6-10/h2*5,8,11-12,14,19,22H,3-4,6-7,9-10H2,1-2H3,(H,20,21);5,8,11-12,14,19H,3-4,6-7,9-10H2,1-2H3;3,5,10-11,13,17,19,22H,2,4,6-9H2,1H3,(H,20,21);3,5,10-11,13,17,19H,2,4,6-9H2,1H3/t3*11-,12+,14-,16+,17-;2*10-,11+,13-,15+,16-/m11111/s1. The number of Topliss-reactive ketones (excluding diaryl/α,β-unsaturated/α-hetero) is 5. The summed E-state index contributed by atoms with van der Waals surface area (Å²) in [4.78, 5) is 122. The first-order valence-electron chi connectivity index (χ1n) is 39.7.